The molecule has 108 valence electrons. The lowest BCUT2D eigenvalue weighted by Gasteiger charge is -2.20. The Morgan fingerprint density at radius 3 is 2.70 bits per heavy atom. The van der Waals surface area contributed by atoms with Gasteiger partial charge in [-0.1, -0.05) is 30.3 Å². The minimum atomic E-state index is -0.972. The van der Waals surface area contributed by atoms with Gasteiger partial charge in [-0.2, -0.15) is 0 Å². The van der Waals surface area contributed by atoms with Gasteiger partial charge in [-0.15, -0.1) is 0 Å². The summed E-state index contributed by atoms with van der Waals surface area (Å²) in [4.78, 5) is 23.1. The van der Waals surface area contributed by atoms with Gasteiger partial charge in [0.15, 0.2) is 0 Å². The normalized spacial score (nSPS) is 19.5. The molecule has 2 rings (SSSR count). The lowest BCUT2D eigenvalue weighted by Crippen LogP contribution is -2.38. The molecular weight excluding hydrogens is 258 g/mol. The van der Waals surface area contributed by atoms with E-state index in [4.69, 9.17) is 9.84 Å². The van der Waals surface area contributed by atoms with E-state index in [1.807, 2.05) is 30.3 Å². The van der Waals surface area contributed by atoms with Crippen molar-refractivity contribution in [2.24, 2.45) is 5.92 Å². The summed E-state index contributed by atoms with van der Waals surface area (Å²) in [5.41, 5.74) is 0.988. The van der Waals surface area contributed by atoms with Crippen LogP contribution in [0.2, 0.25) is 0 Å². The van der Waals surface area contributed by atoms with Crippen molar-refractivity contribution in [2.75, 3.05) is 6.61 Å². The fraction of sp³-hybridized carbons (Fsp3) is 0.467. The second kappa shape index (κ2) is 7.05. The van der Waals surface area contributed by atoms with Gasteiger partial charge in [0.2, 0.25) is 5.91 Å². The quantitative estimate of drug-likeness (QED) is 0.827. The van der Waals surface area contributed by atoms with Crippen LogP contribution in [0.3, 0.4) is 0 Å². The summed E-state index contributed by atoms with van der Waals surface area (Å²) in [6.45, 7) is 1.01. The van der Waals surface area contributed by atoms with Crippen molar-refractivity contribution in [1.29, 1.82) is 0 Å². The molecule has 1 aromatic carbocycles. The number of ether oxygens (including phenoxy) is 1. The van der Waals surface area contributed by atoms with Gasteiger partial charge < -0.3 is 15.2 Å². The zero-order chi connectivity index (χ0) is 14.4. The van der Waals surface area contributed by atoms with Gasteiger partial charge in [0.25, 0.3) is 0 Å². The molecule has 0 saturated carbocycles. The summed E-state index contributed by atoms with van der Waals surface area (Å²) in [5, 5.41) is 11.7. The molecule has 2 atom stereocenters. The van der Waals surface area contributed by atoms with Crippen LogP contribution in [0.15, 0.2) is 30.3 Å². The SMILES string of the molecule is O=C(O)C[C@H](C(=O)NCc1ccccc1)[C@@H]1CCCO1. The van der Waals surface area contributed by atoms with E-state index in [0.717, 1.165) is 18.4 Å². The van der Waals surface area contributed by atoms with E-state index in [1.54, 1.807) is 0 Å². The van der Waals surface area contributed by atoms with E-state index in [0.29, 0.717) is 13.2 Å². The standard InChI is InChI=1S/C15H19NO4/c17-14(18)9-12(13-7-4-8-20-13)15(19)16-10-11-5-2-1-3-6-11/h1-3,5-6,12-13H,4,7-10H2,(H,16,19)(H,17,18)/t12-,13-/m0/s1. The predicted octanol–water partition coefficient (Wildman–Crippen LogP) is 1.57. The van der Waals surface area contributed by atoms with Gasteiger partial charge in [-0.3, -0.25) is 9.59 Å². The average Bonchev–Trinajstić information content (AvgIpc) is 2.97. The van der Waals surface area contributed by atoms with Gasteiger partial charge >= 0.3 is 5.97 Å². The Kier molecular flexibility index (Phi) is 5.12. The van der Waals surface area contributed by atoms with Crippen LogP contribution in [-0.4, -0.2) is 29.7 Å². The van der Waals surface area contributed by atoms with Crippen molar-refractivity contribution in [1.82, 2.24) is 5.32 Å². The number of hydrogen-bond donors (Lipinski definition) is 2. The highest BCUT2D eigenvalue weighted by Gasteiger charge is 2.33. The zero-order valence-electron chi connectivity index (χ0n) is 11.2. The van der Waals surface area contributed by atoms with Gasteiger partial charge in [-0.25, -0.2) is 0 Å². The molecule has 1 aliphatic heterocycles. The maximum Gasteiger partial charge on any atom is 0.304 e. The third kappa shape index (κ3) is 4.06. The van der Waals surface area contributed by atoms with Crippen LogP contribution in [0.25, 0.3) is 0 Å². The molecule has 0 aromatic heterocycles. The number of hydrogen-bond acceptors (Lipinski definition) is 3. The molecule has 1 aliphatic rings. The zero-order valence-corrected chi connectivity index (χ0v) is 11.2. The molecule has 1 saturated heterocycles. The van der Waals surface area contributed by atoms with Crippen molar-refractivity contribution < 1.29 is 19.4 Å². The molecule has 0 radical (unpaired) electrons. The molecular formula is C15H19NO4. The van der Waals surface area contributed by atoms with Crippen molar-refractivity contribution in [3.63, 3.8) is 0 Å². The molecule has 1 aromatic rings. The Morgan fingerprint density at radius 2 is 2.10 bits per heavy atom. The number of benzene rings is 1. The van der Waals surface area contributed by atoms with Crippen molar-refractivity contribution in [3.05, 3.63) is 35.9 Å². The molecule has 0 aliphatic carbocycles. The Morgan fingerprint density at radius 1 is 1.35 bits per heavy atom. The van der Waals surface area contributed by atoms with Gasteiger partial charge in [0.05, 0.1) is 18.4 Å². The van der Waals surface area contributed by atoms with Crippen LogP contribution in [0, 0.1) is 5.92 Å². The second-order valence-corrected chi connectivity index (χ2v) is 4.96. The first-order valence-corrected chi connectivity index (χ1v) is 6.82. The van der Waals surface area contributed by atoms with Crippen LogP contribution >= 0.6 is 0 Å². The lowest BCUT2D eigenvalue weighted by atomic mass is 9.95. The summed E-state index contributed by atoms with van der Waals surface area (Å²) >= 11 is 0. The topological polar surface area (TPSA) is 75.6 Å². The Balaban J connectivity index is 1.93. The number of carboxylic acids is 1. The van der Waals surface area contributed by atoms with E-state index >= 15 is 0 Å². The molecule has 2 N–H and O–H groups in total. The summed E-state index contributed by atoms with van der Waals surface area (Å²) in [6.07, 6.45) is 1.16. The molecule has 1 fully saturated rings. The highest BCUT2D eigenvalue weighted by atomic mass is 16.5. The van der Waals surface area contributed by atoms with Crippen LogP contribution in [0.5, 0.6) is 0 Å². The predicted molar refractivity (Wildman–Crippen MR) is 73.0 cm³/mol. The molecule has 1 amide bonds. The summed E-state index contributed by atoms with van der Waals surface area (Å²) < 4.78 is 5.46. The van der Waals surface area contributed by atoms with Crippen molar-refractivity contribution in [2.45, 2.75) is 31.9 Å². The summed E-state index contributed by atoms with van der Waals surface area (Å²) in [6, 6.07) is 9.54. The van der Waals surface area contributed by atoms with Crippen LogP contribution < -0.4 is 5.32 Å². The highest BCUT2D eigenvalue weighted by Crippen LogP contribution is 2.23. The minimum absolute atomic E-state index is 0.189. The fourth-order valence-corrected chi connectivity index (χ4v) is 2.42. The maximum absolute atomic E-state index is 12.2. The molecule has 5 heteroatoms. The molecule has 5 nitrogen and oxygen atoms in total. The molecule has 0 bridgehead atoms. The molecule has 0 unspecified atom stereocenters. The Labute approximate surface area is 117 Å². The van der Waals surface area contributed by atoms with E-state index in [1.165, 1.54) is 0 Å². The number of carboxylic acid groups (broad SMARTS) is 1. The van der Waals surface area contributed by atoms with Gasteiger partial charge in [0.1, 0.15) is 0 Å². The number of rotatable bonds is 6. The average molecular weight is 277 g/mol. The van der Waals surface area contributed by atoms with Crippen molar-refractivity contribution in [3.8, 4) is 0 Å². The first-order chi connectivity index (χ1) is 9.66. The third-order valence-corrected chi connectivity index (χ3v) is 3.45. The first-order valence-electron chi connectivity index (χ1n) is 6.82. The van der Waals surface area contributed by atoms with Gasteiger partial charge in [-0.05, 0) is 18.4 Å². The van der Waals surface area contributed by atoms with Crippen LogP contribution in [0.4, 0.5) is 0 Å². The summed E-state index contributed by atoms with van der Waals surface area (Å²) in [7, 11) is 0. The van der Waals surface area contributed by atoms with E-state index in [2.05, 4.69) is 5.32 Å². The second-order valence-electron chi connectivity index (χ2n) is 4.96. The first kappa shape index (κ1) is 14.5. The minimum Gasteiger partial charge on any atom is -0.481 e. The molecule has 0 spiro atoms. The van der Waals surface area contributed by atoms with Crippen molar-refractivity contribution >= 4 is 11.9 Å². The van der Waals surface area contributed by atoms with E-state index in [9.17, 15) is 9.59 Å². The smallest absolute Gasteiger partial charge is 0.304 e. The highest BCUT2D eigenvalue weighted by molar-refractivity contribution is 5.83. The fourth-order valence-electron chi connectivity index (χ4n) is 2.42. The number of carbonyl (C=O) groups excluding carboxylic acids is 1. The lowest BCUT2D eigenvalue weighted by molar-refractivity contribution is -0.144. The number of aliphatic carboxylic acids is 1. The number of carbonyl (C=O) groups is 2. The largest absolute Gasteiger partial charge is 0.481 e. The van der Waals surface area contributed by atoms with Crippen LogP contribution in [0.1, 0.15) is 24.8 Å². The van der Waals surface area contributed by atoms with Crippen LogP contribution in [-0.2, 0) is 20.9 Å². The number of nitrogens with one attached hydrogen (secondary N) is 1. The summed E-state index contributed by atoms with van der Waals surface area (Å²) in [5.74, 6) is -1.83. The number of amides is 1. The Bertz CT molecular complexity index is 454. The Hall–Kier alpha value is -1.88. The molecule has 20 heavy (non-hydrogen) atoms. The van der Waals surface area contributed by atoms with E-state index < -0.39 is 11.9 Å². The third-order valence-electron chi connectivity index (χ3n) is 3.45. The van der Waals surface area contributed by atoms with Gasteiger partial charge in [0, 0.05) is 13.2 Å². The molecule has 1 heterocycles. The maximum atomic E-state index is 12.2. The van der Waals surface area contributed by atoms with E-state index in [-0.39, 0.29) is 18.4 Å². The monoisotopic (exact) mass is 277 g/mol.